The zero-order valence-electron chi connectivity index (χ0n) is 19.1. The van der Waals surface area contributed by atoms with Crippen LogP contribution in [0, 0.1) is 19.7 Å². The van der Waals surface area contributed by atoms with Crippen LogP contribution in [0.1, 0.15) is 51.6 Å². The van der Waals surface area contributed by atoms with Crippen molar-refractivity contribution in [1.29, 1.82) is 0 Å². The molecule has 1 saturated heterocycles. The molecular weight excluding hydrogens is 435 g/mol. The number of likely N-dealkylation sites (tertiary alicyclic amines) is 1. The number of aryl methyl sites for hydroxylation is 2. The number of amides is 1. The predicted octanol–water partition coefficient (Wildman–Crippen LogP) is 3.34. The SMILES string of the molecule is Cc1ccc(C)c(Cn2nnc3c(=O)[nH]c([C@H]4CCCN(C(=O)c5ccc(F)cc5)C4)nc32)c1. The van der Waals surface area contributed by atoms with E-state index in [1.165, 1.54) is 24.3 Å². The third-order valence-corrected chi connectivity index (χ3v) is 6.40. The summed E-state index contributed by atoms with van der Waals surface area (Å²) in [6.45, 7) is 5.55. The molecule has 1 amide bonds. The van der Waals surface area contributed by atoms with Gasteiger partial charge in [0.1, 0.15) is 11.6 Å². The molecule has 2 aromatic carbocycles. The number of aromatic amines is 1. The molecule has 1 aliphatic rings. The van der Waals surface area contributed by atoms with Crippen LogP contribution in [-0.4, -0.2) is 48.9 Å². The van der Waals surface area contributed by atoms with Gasteiger partial charge in [-0.2, -0.15) is 0 Å². The Bertz CT molecular complexity index is 1430. The van der Waals surface area contributed by atoms with Gasteiger partial charge in [-0.25, -0.2) is 14.1 Å². The zero-order chi connectivity index (χ0) is 23.8. The Kier molecular flexibility index (Phi) is 5.69. The summed E-state index contributed by atoms with van der Waals surface area (Å²) in [6, 6.07) is 11.8. The molecule has 1 aliphatic heterocycles. The van der Waals surface area contributed by atoms with Crippen molar-refractivity contribution in [1.82, 2.24) is 29.9 Å². The number of hydrogen-bond acceptors (Lipinski definition) is 5. The number of carbonyl (C=O) groups is 1. The topological polar surface area (TPSA) is 96.8 Å². The Labute approximate surface area is 195 Å². The van der Waals surface area contributed by atoms with Gasteiger partial charge in [0.05, 0.1) is 6.54 Å². The molecular formula is C25H25FN6O2. The lowest BCUT2D eigenvalue weighted by Crippen LogP contribution is -2.40. The first-order chi connectivity index (χ1) is 16.4. The van der Waals surface area contributed by atoms with E-state index in [1.807, 2.05) is 13.8 Å². The van der Waals surface area contributed by atoms with Gasteiger partial charge >= 0.3 is 0 Å². The van der Waals surface area contributed by atoms with Gasteiger partial charge in [0.25, 0.3) is 11.5 Å². The van der Waals surface area contributed by atoms with E-state index in [0.717, 1.165) is 29.5 Å². The molecule has 4 aromatic rings. The van der Waals surface area contributed by atoms with E-state index in [1.54, 1.807) is 9.58 Å². The van der Waals surface area contributed by atoms with E-state index < -0.39 is 0 Å². The number of piperidine rings is 1. The molecule has 174 valence electrons. The summed E-state index contributed by atoms with van der Waals surface area (Å²) in [5, 5.41) is 8.24. The van der Waals surface area contributed by atoms with Gasteiger partial charge in [-0.05, 0) is 62.1 Å². The van der Waals surface area contributed by atoms with E-state index in [-0.39, 0.29) is 28.7 Å². The molecule has 8 nitrogen and oxygen atoms in total. The van der Waals surface area contributed by atoms with Crippen LogP contribution in [0.25, 0.3) is 11.2 Å². The fourth-order valence-corrected chi connectivity index (χ4v) is 4.47. The predicted molar refractivity (Wildman–Crippen MR) is 125 cm³/mol. The van der Waals surface area contributed by atoms with E-state index in [9.17, 15) is 14.0 Å². The second kappa shape index (κ2) is 8.81. The summed E-state index contributed by atoms with van der Waals surface area (Å²) < 4.78 is 14.9. The second-order valence-corrected chi connectivity index (χ2v) is 8.90. The molecule has 34 heavy (non-hydrogen) atoms. The highest BCUT2D eigenvalue weighted by atomic mass is 19.1. The molecule has 3 heterocycles. The summed E-state index contributed by atoms with van der Waals surface area (Å²) in [4.78, 5) is 35.0. The number of aromatic nitrogens is 5. The molecule has 0 spiro atoms. The largest absolute Gasteiger partial charge is 0.338 e. The van der Waals surface area contributed by atoms with Crippen molar-refractivity contribution in [3.8, 4) is 0 Å². The number of H-pyrrole nitrogens is 1. The maximum absolute atomic E-state index is 13.2. The van der Waals surface area contributed by atoms with Crippen LogP contribution in [0.15, 0.2) is 47.3 Å². The Morgan fingerprint density at radius 2 is 1.97 bits per heavy atom. The van der Waals surface area contributed by atoms with Gasteiger partial charge < -0.3 is 9.88 Å². The van der Waals surface area contributed by atoms with Gasteiger partial charge in [-0.15, -0.1) is 5.10 Å². The molecule has 9 heteroatoms. The molecule has 0 saturated carbocycles. The van der Waals surface area contributed by atoms with Crippen LogP contribution in [-0.2, 0) is 6.54 Å². The lowest BCUT2D eigenvalue weighted by atomic mass is 9.96. The van der Waals surface area contributed by atoms with Crippen LogP contribution in [0.5, 0.6) is 0 Å². The fraction of sp³-hybridized carbons (Fsp3) is 0.320. The van der Waals surface area contributed by atoms with Crippen molar-refractivity contribution in [3.05, 3.63) is 86.7 Å². The number of rotatable bonds is 4. The number of carbonyl (C=O) groups excluding carboxylic acids is 1. The lowest BCUT2D eigenvalue weighted by Gasteiger charge is -2.32. The smallest absolute Gasteiger partial charge is 0.281 e. The Morgan fingerprint density at radius 3 is 2.76 bits per heavy atom. The van der Waals surface area contributed by atoms with Gasteiger partial charge in [0, 0.05) is 24.6 Å². The summed E-state index contributed by atoms with van der Waals surface area (Å²) in [6.07, 6.45) is 1.57. The molecule has 0 bridgehead atoms. The number of halogens is 1. The van der Waals surface area contributed by atoms with Gasteiger partial charge in [0.15, 0.2) is 11.2 Å². The summed E-state index contributed by atoms with van der Waals surface area (Å²) in [5.41, 5.74) is 4.09. The molecule has 2 aromatic heterocycles. The second-order valence-electron chi connectivity index (χ2n) is 8.90. The van der Waals surface area contributed by atoms with E-state index in [4.69, 9.17) is 4.98 Å². The van der Waals surface area contributed by atoms with Crippen molar-refractivity contribution in [2.24, 2.45) is 0 Å². The first-order valence-corrected chi connectivity index (χ1v) is 11.3. The Morgan fingerprint density at radius 1 is 1.18 bits per heavy atom. The Balaban J connectivity index is 1.43. The van der Waals surface area contributed by atoms with Crippen LogP contribution < -0.4 is 5.56 Å². The average molecular weight is 461 g/mol. The van der Waals surface area contributed by atoms with Crippen molar-refractivity contribution < 1.29 is 9.18 Å². The normalized spacial score (nSPS) is 16.2. The quantitative estimate of drug-likeness (QED) is 0.504. The zero-order valence-corrected chi connectivity index (χ0v) is 19.1. The lowest BCUT2D eigenvalue weighted by molar-refractivity contribution is 0.0704. The molecule has 0 unspecified atom stereocenters. The maximum Gasteiger partial charge on any atom is 0.281 e. The monoisotopic (exact) mass is 460 g/mol. The number of hydrogen-bond donors (Lipinski definition) is 1. The molecule has 0 radical (unpaired) electrons. The van der Waals surface area contributed by atoms with E-state index in [2.05, 4.69) is 33.5 Å². The highest BCUT2D eigenvalue weighted by Gasteiger charge is 2.28. The highest BCUT2D eigenvalue weighted by molar-refractivity contribution is 5.94. The van der Waals surface area contributed by atoms with Crippen LogP contribution in [0.2, 0.25) is 0 Å². The van der Waals surface area contributed by atoms with Gasteiger partial charge in [0.2, 0.25) is 0 Å². The Hall–Kier alpha value is -3.88. The summed E-state index contributed by atoms with van der Waals surface area (Å²) in [7, 11) is 0. The van der Waals surface area contributed by atoms with Gasteiger partial charge in [-0.1, -0.05) is 29.0 Å². The average Bonchev–Trinajstić information content (AvgIpc) is 3.25. The number of fused-ring (bicyclic) bond motifs is 1. The molecule has 1 fully saturated rings. The van der Waals surface area contributed by atoms with Crippen LogP contribution in [0.3, 0.4) is 0 Å². The summed E-state index contributed by atoms with van der Waals surface area (Å²) in [5.74, 6) is -0.137. The first-order valence-electron chi connectivity index (χ1n) is 11.3. The van der Waals surface area contributed by atoms with Crippen molar-refractivity contribution in [2.75, 3.05) is 13.1 Å². The van der Waals surface area contributed by atoms with Crippen LogP contribution >= 0.6 is 0 Å². The minimum Gasteiger partial charge on any atom is -0.338 e. The maximum atomic E-state index is 13.2. The minimum absolute atomic E-state index is 0.126. The third kappa shape index (κ3) is 4.21. The molecule has 1 N–H and O–H groups in total. The molecule has 1 atom stereocenters. The fourth-order valence-electron chi connectivity index (χ4n) is 4.47. The number of nitrogens with zero attached hydrogens (tertiary/aromatic N) is 5. The van der Waals surface area contributed by atoms with Crippen molar-refractivity contribution in [2.45, 2.75) is 39.2 Å². The van der Waals surface area contributed by atoms with Crippen molar-refractivity contribution >= 4 is 17.1 Å². The van der Waals surface area contributed by atoms with E-state index >= 15 is 0 Å². The standard InChI is InChI=1S/C25H25FN6O2/c1-15-5-6-16(2)19(12-15)14-32-23-21(29-30-32)24(33)28-22(27-23)18-4-3-11-31(13-18)25(34)17-7-9-20(26)10-8-17/h5-10,12,18H,3-4,11,13-14H2,1-2H3,(H,27,28,33)/t18-/m0/s1. The van der Waals surface area contributed by atoms with Crippen molar-refractivity contribution in [3.63, 3.8) is 0 Å². The number of benzene rings is 2. The number of nitrogens with one attached hydrogen (secondary N) is 1. The van der Waals surface area contributed by atoms with Gasteiger partial charge in [-0.3, -0.25) is 9.59 Å². The van der Waals surface area contributed by atoms with E-state index in [0.29, 0.717) is 36.7 Å². The summed E-state index contributed by atoms with van der Waals surface area (Å²) >= 11 is 0. The highest BCUT2D eigenvalue weighted by Crippen LogP contribution is 2.26. The van der Waals surface area contributed by atoms with Crippen LogP contribution in [0.4, 0.5) is 4.39 Å². The molecule has 0 aliphatic carbocycles. The third-order valence-electron chi connectivity index (χ3n) is 6.40. The minimum atomic E-state index is -0.380. The first kappa shape index (κ1) is 21.9. The molecule has 5 rings (SSSR count).